The zero-order chi connectivity index (χ0) is 24.1. The number of anilines is 1. The molecule has 1 aromatic heterocycles. The highest BCUT2D eigenvalue weighted by atomic mass is 32.2. The van der Waals surface area contributed by atoms with Gasteiger partial charge in [0.15, 0.2) is 11.3 Å². The summed E-state index contributed by atoms with van der Waals surface area (Å²) in [6.07, 6.45) is -9.18. The molecule has 174 valence electrons. The molecule has 0 aliphatic carbocycles. The van der Waals surface area contributed by atoms with Crippen molar-refractivity contribution in [3.05, 3.63) is 42.2 Å². The van der Waals surface area contributed by atoms with Gasteiger partial charge in [-0.1, -0.05) is 0 Å². The molecule has 1 saturated heterocycles. The number of likely N-dealkylation sites (tertiary alicyclic amines) is 1. The second-order valence-corrected chi connectivity index (χ2v) is 8.77. The van der Waals surface area contributed by atoms with Crippen molar-refractivity contribution in [3.63, 3.8) is 0 Å². The molecule has 1 aliphatic rings. The van der Waals surface area contributed by atoms with Gasteiger partial charge in [-0.2, -0.15) is 13.2 Å². The highest BCUT2D eigenvalue weighted by molar-refractivity contribution is 7.91. The zero-order valence-electron chi connectivity index (χ0n) is 15.6. The summed E-state index contributed by atoms with van der Waals surface area (Å²) in [7, 11) is -4.31. The number of halogens is 6. The summed E-state index contributed by atoms with van der Waals surface area (Å²) in [6.45, 7) is -2.08. The van der Waals surface area contributed by atoms with E-state index in [0.717, 1.165) is 36.5 Å². The van der Waals surface area contributed by atoms with Crippen molar-refractivity contribution >= 4 is 21.4 Å². The van der Waals surface area contributed by atoms with Crippen LogP contribution in [0.25, 0.3) is 0 Å². The number of alkyl halides is 6. The van der Waals surface area contributed by atoms with E-state index in [2.05, 4.69) is 9.72 Å². The van der Waals surface area contributed by atoms with Crippen molar-refractivity contribution in [2.75, 3.05) is 18.8 Å². The van der Waals surface area contributed by atoms with Crippen LogP contribution in [-0.2, 0) is 9.84 Å². The Labute approximate surface area is 176 Å². The number of β-amino-alcohol motifs (C(OH)–C–C–N with tert-alkyl or cyclic N) is 1. The maximum atomic E-state index is 12.7. The highest BCUT2D eigenvalue weighted by Crippen LogP contribution is 2.38. The average Bonchev–Trinajstić information content (AvgIpc) is 2.63. The number of amides is 1. The molecule has 15 heteroatoms. The van der Waals surface area contributed by atoms with E-state index in [1.54, 1.807) is 0 Å². The number of benzene rings is 1. The molecule has 0 bridgehead atoms. The number of sulfone groups is 1. The van der Waals surface area contributed by atoms with E-state index in [1.807, 2.05) is 0 Å². The van der Waals surface area contributed by atoms with Crippen LogP contribution in [-0.4, -0.2) is 60.5 Å². The van der Waals surface area contributed by atoms with Crippen molar-refractivity contribution in [2.24, 2.45) is 0 Å². The minimum atomic E-state index is -4.96. The minimum absolute atomic E-state index is 0.426. The Kier molecular flexibility index (Phi) is 5.54. The fraction of sp³-hybridized carbons (Fsp3) is 0.294. The third-order valence-corrected chi connectivity index (χ3v) is 6.23. The first kappa shape index (κ1) is 23.6. The largest absolute Gasteiger partial charge is 0.573 e. The number of aromatic nitrogens is 1. The van der Waals surface area contributed by atoms with Gasteiger partial charge >= 0.3 is 12.5 Å². The summed E-state index contributed by atoms with van der Waals surface area (Å²) >= 11 is 0. The van der Waals surface area contributed by atoms with Crippen LogP contribution in [0.3, 0.4) is 0 Å². The molecule has 0 saturated carbocycles. The van der Waals surface area contributed by atoms with Crippen molar-refractivity contribution < 1.29 is 49.4 Å². The number of hydrogen-bond donors (Lipinski definition) is 2. The van der Waals surface area contributed by atoms with Crippen LogP contribution in [0.2, 0.25) is 0 Å². The Hall–Kier alpha value is -3.07. The third-order valence-electron chi connectivity index (χ3n) is 4.49. The first-order valence-corrected chi connectivity index (χ1v) is 9.97. The Bertz CT molecular complexity index is 1140. The van der Waals surface area contributed by atoms with Crippen LogP contribution in [0.4, 0.5) is 32.0 Å². The van der Waals surface area contributed by atoms with Gasteiger partial charge < -0.3 is 20.5 Å². The number of nitrogen functional groups attached to an aromatic ring is 1. The second-order valence-electron chi connectivity index (χ2n) is 6.82. The molecule has 3 N–H and O–H groups in total. The van der Waals surface area contributed by atoms with E-state index >= 15 is 0 Å². The molecule has 3 rings (SSSR count). The lowest BCUT2D eigenvalue weighted by molar-refractivity contribution is -0.294. The van der Waals surface area contributed by atoms with E-state index in [9.17, 15) is 44.7 Å². The number of nitrogens with zero attached hydrogens (tertiary/aromatic N) is 2. The van der Waals surface area contributed by atoms with Crippen molar-refractivity contribution in [2.45, 2.75) is 27.9 Å². The minimum Gasteiger partial charge on any atom is -0.406 e. The molecule has 1 amide bonds. The van der Waals surface area contributed by atoms with E-state index in [4.69, 9.17) is 5.73 Å². The smallest absolute Gasteiger partial charge is 0.406 e. The molecular weight excluding hydrogens is 472 g/mol. The van der Waals surface area contributed by atoms with Gasteiger partial charge in [0, 0.05) is 6.20 Å². The Morgan fingerprint density at radius 2 is 1.66 bits per heavy atom. The van der Waals surface area contributed by atoms with Crippen molar-refractivity contribution in [1.29, 1.82) is 0 Å². The molecule has 0 spiro atoms. The van der Waals surface area contributed by atoms with Crippen molar-refractivity contribution in [3.8, 4) is 5.75 Å². The molecule has 2 heterocycles. The quantitative estimate of drug-likeness (QED) is 0.637. The maximum absolute atomic E-state index is 12.7. The van der Waals surface area contributed by atoms with Gasteiger partial charge in [0.2, 0.25) is 9.84 Å². The molecule has 0 atom stereocenters. The number of hydrogen-bond acceptors (Lipinski definition) is 7. The average molecular weight is 485 g/mol. The topological polar surface area (TPSA) is 123 Å². The monoisotopic (exact) mass is 485 g/mol. The van der Waals surface area contributed by atoms with Crippen LogP contribution in [0.5, 0.6) is 5.75 Å². The van der Waals surface area contributed by atoms with Gasteiger partial charge in [-0.3, -0.25) is 4.79 Å². The third kappa shape index (κ3) is 4.43. The van der Waals surface area contributed by atoms with E-state index < -0.39 is 73.9 Å². The van der Waals surface area contributed by atoms with Gasteiger partial charge in [0.25, 0.3) is 5.91 Å². The summed E-state index contributed by atoms with van der Waals surface area (Å²) in [4.78, 5) is 15.6. The zero-order valence-corrected chi connectivity index (χ0v) is 16.4. The normalized spacial score (nSPS) is 16.4. The first-order chi connectivity index (χ1) is 14.5. The summed E-state index contributed by atoms with van der Waals surface area (Å²) in [5, 5.41) is 9.42. The van der Waals surface area contributed by atoms with Gasteiger partial charge in [0.05, 0.1) is 28.6 Å². The van der Waals surface area contributed by atoms with E-state index in [0.29, 0.717) is 4.90 Å². The molecular formula is C17H13F6N3O5S. The molecule has 8 nitrogen and oxygen atoms in total. The number of carbonyl (C=O) groups excluding carboxylic acids is 1. The molecule has 2 aromatic rings. The van der Waals surface area contributed by atoms with Crippen LogP contribution in [0.1, 0.15) is 10.5 Å². The van der Waals surface area contributed by atoms with Gasteiger partial charge in [-0.05, 0) is 30.3 Å². The maximum Gasteiger partial charge on any atom is 0.573 e. The molecule has 0 unspecified atom stereocenters. The fourth-order valence-electron chi connectivity index (χ4n) is 2.80. The number of carbonyl (C=O) groups is 1. The number of aliphatic hydroxyl groups is 1. The summed E-state index contributed by atoms with van der Waals surface area (Å²) in [6, 6.07) is 4.10. The number of nitrogens with two attached hydrogens (primary N) is 1. The predicted octanol–water partition coefficient (Wildman–Crippen LogP) is 2.14. The number of pyridine rings is 1. The number of ether oxygens (including phenoxy) is 1. The van der Waals surface area contributed by atoms with Crippen LogP contribution in [0.15, 0.2) is 46.3 Å². The van der Waals surface area contributed by atoms with Crippen LogP contribution < -0.4 is 10.5 Å². The highest BCUT2D eigenvalue weighted by Gasteiger charge is 2.62. The van der Waals surface area contributed by atoms with E-state index in [-0.39, 0.29) is 0 Å². The molecule has 1 aliphatic heterocycles. The molecule has 32 heavy (non-hydrogen) atoms. The lowest BCUT2D eigenvalue weighted by atomic mass is 9.93. The standard InChI is InChI=1S/C17H13F6N3O5S/c18-16(19,20)15(28)7-26(8-15)14(27)13-12(24)5-11(6-25-13)32(29,30)10-3-1-9(2-4-10)31-17(21,22)23/h1-6,28H,7-8,24H2. The first-order valence-electron chi connectivity index (χ1n) is 8.48. The summed E-state index contributed by atoms with van der Waals surface area (Å²) in [5.41, 5.74) is 1.62. The van der Waals surface area contributed by atoms with Gasteiger partial charge in [-0.25, -0.2) is 13.4 Å². The van der Waals surface area contributed by atoms with Crippen LogP contribution >= 0.6 is 0 Å². The van der Waals surface area contributed by atoms with Crippen molar-refractivity contribution in [1.82, 2.24) is 9.88 Å². The molecule has 1 fully saturated rings. The second kappa shape index (κ2) is 7.51. The Morgan fingerprint density at radius 3 is 2.12 bits per heavy atom. The SMILES string of the molecule is Nc1cc(S(=O)(=O)c2ccc(OC(F)(F)F)cc2)cnc1C(=O)N1CC(O)(C(F)(F)F)C1. The lowest BCUT2D eigenvalue weighted by Crippen LogP contribution is -2.70. The summed E-state index contributed by atoms with van der Waals surface area (Å²) < 4.78 is 104. The van der Waals surface area contributed by atoms with Gasteiger partial charge in [0.1, 0.15) is 5.75 Å². The number of rotatable bonds is 4. The Balaban J connectivity index is 1.79. The summed E-state index contributed by atoms with van der Waals surface area (Å²) in [5.74, 6) is -1.70. The van der Waals surface area contributed by atoms with Gasteiger partial charge in [-0.15, -0.1) is 13.2 Å². The van der Waals surface area contributed by atoms with Crippen LogP contribution in [0, 0.1) is 0 Å². The Morgan fingerprint density at radius 1 is 1.09 bits per heavy atom. The predicted molar refractivity (Wildman–Crippen MR) is 94.1 cm³/mol. The van der Waals surface area contributed by atoms with E-state index in [1.165, 1.54) is 0 Å². The fourth-order valence-corrected chi connectivity index (χ4v) is 4.04. The molecule has 1 aromatic carbocycles. The molecule has 0 radical (unpaired) electrons. The lowest BCUT2D eigenvalue weighted by Gasteiger charge is -2.46.